The Morgan fingerprint density at radius 2 is 1.72 bits per heavy atom. The average molecular weight is 682 g/mol. The molecular weight excluding hydrogens is 634 g/mol. The Morgan fingerprint density at radius 1 is 1.04 bits per heavy atom. The quantitative estimate of drug-likeness (QED) is 0.323. The van der Waals surface area contributed by atoms with Crippen molar-refractivity contribution < 1.29 is 28.7 Å². The standard InChI is InChI=1S/C39H47N5O6/c1-38(2,3)20-31(36(47)44-22-39(19-25(44)21-40)28-7-5-6-8-29(28)42-37(39)48)43(4)35(46)30(17-23-9-10-23)41-34(45)24-11-16-32(49-26-12-13-26)33(18-24)50-27-14-15-27/h5-8,11,16,18,23,25-27,30-31H,9-10,12-15,17,19-20,22H2,1-4H3,(H,41,45)(H,42,48)/t25-,30-,31-,39-/m0/s1. The second kappa shape index (κ2) is 12.9. The third-order valence-electron chi connectivity index (χ3n) is 10.5. The number of anilines is 1. The van der Waals surface area contributed by atoms with Crippen LogP contribution in [-0.4, -0.2) is 77.4 Å². The predicted molar refractivity (Wildman–Crippen MR) is 185 cm³/mol. The molecule has 3 aliphatic carbocycles. The lowest BCUT2D eigenvalue weighted by Gasteiger charge is -2.37. The number of hydrogen-bond acceptors (Lipinski definition) is 7. The van der Waals surface area contributed by atoms with Crippen LogP contribution in [0, 0.1) is 22.7 Å². The van der Waals surface area contributed by atoms with Gasteiger partial charge in [0.15, 0.2) is 11.5 Å². The van der Waals surface area contributed by atoms with Gasteiger partial charge in [-0.25, -0.2) is 0 Å². The lowest BCUT2D eigenvalue weighted by Crippen LogP contribution is -2.56. The number of benzene rings is 2. The Labute approximate surface area is 293 Å². The number of carbonyl (C=O) groups excluding carboxylic acids is 4. The zero-order valence-electron chi connectivity index (χ0n) is 29.4. The molecule has 7 rings (SSSR count). The molecule has 2 heterocycles. The monoisotopic (exact) mass is 681 g/mol. The first kappa shape index (κ1) is 33.9. The molecule has 50 heavy (non-hydrogen) atoms. The minimum atomic E-state index is -1.04. The lowest BCUT2D eigenvalue weighted by atomic mass is 9.80. The van der Waals surface area contributed by atoms with Gasteiger partial charge in [-0.1, -0.05) is 51.8 Å². The number of amides is 4. The van der Waals surface area contributed by atoms with Crippen molar-refractivity contribution in [2.45, 2.75) is 114 Å². The Hall–Kier alpha value is -4.59. The van der Waals surface area contributed by atoms with Crippen molar-refractivity contribution in [2.24, 2.45) is 11.3 Å². The van der Waals surface area contributed by atoms with Gasteiger partial charge in [-0.15, -0.1) is 0 Å². The van der Waals surface area contributed by atoms with Gasteiger partial charge in [0.1, 0.15) is 18.1 Å². The molecule has 0 aromatic heterocycles. The Kier molecular flexibility index (Phi) is 8.77. The molecule has 4 amide bonds. The van der Waals surface area contributed by atoms with Crippen LogP contribution in [0.4, 0.5) is 5.69 Å². The zero-order valence-corrected chi connectivity index (χ0v) is 29.4. The molecule has 0 unspecified atom stereocenters. The first-order valence-electron chi connectivity index (χ1n) is 18.0. The maximum atomic E-state index is 14.6. The molecule has 4 atom stereocenters. The van der Waals surface area contributed by atoms with Gasteiger partial charge in [0.25, 0.3) is 5.91 Å². The number of nitrogens with zero attached hydrogens (tertiary/aromatic N) is 3. The van der Waals surface area contributed by atoms with Crippen LogP contribution in [0.1, 0.15) is 94.5 Å². The van der Waals surface area contributed by atoms with E-state index in [0.717, 1.165) is 44.1 Å². The number of nitriles is 1. The molecule has 0 radical (unpaired) electrons. The molecule has 1 spiro atoms. The topological polar surface area (TPSA) is 141 Å². The summed E-state index contributed by atoms with van der Waals surface area (Å²) < 4.78 is 12.1. The maximum absolute atomic E-state index is 14.6. The fourth-order valence-electron chi connectivity index (χ4n) is 7.27. The zero-order chi connectivity index (χ0) is 35.4. The highest BCUT2D eigenvalue weighted by atomic mass is 16.5. The predicted octanol–water partition coefficient (Wildman–Crippen LogP) is 4.95. The molecule has 1 saturated heterocycles. The van der Waals surface area contributed by atoms with Crippen molar-refractivity contribution in [3.05, 3.63) is 53.6 Å². The number of para-hydroxylation sites is 1. The highest BCUT2D eigenvalue weighted by Gasteiger charge is 2.57. The maximum Gasteiger partial charge on any atom is 0.252 e. The fourth-order valence-corrected chi connectivity index (χ4v) is 7.27. The van der Waals surface area contributed by atoms with Crippen LogP contribution in [0.3, 0.4) is 0 Å². The molecule has 4 fully saturated rings. The first-order chi connectivity index (χ1) is 23.8. The lowest BCUT2D eigenvalue weighted by molar-refractivity contribution is -0.147. The van der Waals surface area contributed by atoms with Crippen molar-refractivity contribution >= 4 is 29.3 Å². The summed E-state index contributed by atoms with van der Waals surface area (Å²) in [5, 5.41) is 16.2. The molecular formula is C39H47N5O6. The molecule has 2 aromatic carbocycles. The second-order valence-corrected chi connectivity index (χ2v) is 16.1. The third-order valence-corrected chi connectivity index (χ3v) is 10.5. The van der Waals surface area contributed by atoms with Gasteiger partial charge < -0.3 is 29.9 Å². The minimum absolute atomic E-state index is 0.0452. The molecule has 5 aliphatic rings. The number of rotatable bonds is 12. The summed E-state index contributed by atoms with van der Waals surface area (Å²) >= 11 is 0. The van der Waals surface area contributed by atoms with E-state index in [2.05, 4.69) is 16.7 Å². The summed E-state index contributed by atoms with van der Waals surface area (Å²) in [4.78, 5) is 59.1. The molecule has 2 N–H and O–H groups in total. The summed E-state index contributed by atoms with van der Waals surface area (Å²) in [5.41, 5.74) is 0.449. The van der Waals surface area contributed by atoms with Crippen LogP contribution in [0.25, 0.3) is 0 Å². The Morgan fingerprint density at radius 3 is 2.36 bits per heavy atom. The van der Waals surface area contributed by atoms with Crippen molar-refractivity contribution in [1.29, 1.82) is 5.26 Å². The van der Waals surface area contributed by atoms with E-state index in [4.69, 9.17) is 9.47 Å². The number of nitrogens with one attached hydrogen (secondary N) is 2. The summed E-state index contributed by atoms with van der Waals surface area (Å²) in [6.07, 6.45) is 7.14. The number of likely N-dealkylation sites (N-methyl/N-ethyl adjacent to an activating group) is 1. The highest BCUT2D eigenvalue weighted by molar-refractivity contribution is 6.07. The normalized spacial score (nSPS) is 23.8. The van der Waals surface area contributed by atoms with Crippen molar-refractivity contribution in [2.75, 3.05) is 18.9 Å². The van der Waals surface area contributed by atoms with Gasteiger partial charge in [0, 0.05) is 31.3 Å². The Balaban J connectivity index is 1.12. The third kappa shape index (κ3) is 7.03. The Bertz CT molecular complexity index is 1730. The van der Waals surface area contributed by atoms with Crippen LogP contribution in [0.5, 0.6) is 11.5 Å². The molecule has 3 saturated carbocycles. The molecule has 0 bridgehead atoms. The van der Waals surface area contributed by atoms with Crippen molar-refractivity contribution in [3.63, 3.8) is 0 Å². The number of fused-ring (bicyclic) bond motifs is 2. The van der Waals surface area contributed by atoms with Gasteiger partial charge in [0.2, 0.25) is 17.7 Å². The number of hydrogen-bond donors (Lipinski definition) is 2. The summed E-state index contributed by atoms with van der Waals surface area (Å²) in [7, 11) is 1.61. The van der Waals surface area contributed by atoms with E-state index in [9.17, 15) is 24.4 Å². The SMILES string of the molecule is CN(C(=O)[C@H](CC1CC1)NC(=O)c1ccc(OC2CC2)c(OC2CC2)c1)[C@@H](CC(C)(C)C)C(=O)N1C[C@]2(C[C@H]1C#N)C(=O)Nc1ccccc12. The summed E-state index contributed by atoms with van der Waals surface area (Å²) in [5.74, 6) is 0.118. The smallest absolute Gasteiger partial charge is 0.252 e. The van der Waals surface area contributed by atoms with E-state index >= 15 is 0 Å². The van der Waals surface area contributed by atoms with E-state index < -0.39 is 29.4 Å². The number of likely N-dealkylation sites (tertiary alicyclic amines) is 1. The minimum Gasteiger partial charge on any atom is -0.487 e. The summed E-state index contributed by atoms with van der Waals surface area (Å²) in [6.45, 7) is 6.05. The highest BCUT2D eigenvalue weighted by Crippen LogP contribution is 2.47. The van der Waals surface area contributed by atoms with Gasteiger partial charge in [-0.3, -0.25) is 19.2 Å². The van der Waals surface area contributed by atoms with Gasteiger partial charge in [0.05, 0.1) is 23.7 Å². The fraction of sp³-hybridized carbons (Fsp3) is 0.564. The van der Waals surface area contributed by atoms with E-state index in [1.165, 1.54) is 9.80 Å². The average Bonchev–Trinajstić information content (AvgIpc) is 3.99. The van der Waals surface area contributed by atoms with E-state index in [1.54, 1.807) is 25.2 Å². The second-order valence-electron chi connectivity index (χ2n) is 16.1. The number of carbonyl (C=O) groups is 4. The van der Waals surface area contributed by atoms with Crippen LogP contribution in [0.2, 0.25) is 0 Å². The van der Waals surface area contributed by atoms with Crippen molar-refractivity contribution in [3.8, 4) is 17.6 Å². The molecule has 2 aliphatic heterocycles. The first-order valence-corrected chi connectivity index (χ1v) is 18.0. The van der Waals surface area contributed by atoms with Gasteiger partial charge >= 0.3 is 0 Å². The van der Waals surface area contributed by atoms with E-state index in [0.29, 0.717) is 41.5 Å². The molecule has 11 nitrogen and oxygen atoms in total. The van der Waals surface area contributed by atoms with Crippen LogP contribution >= 0.6 is 0 Å². The van der Waals surface area contributed by atoms with Gasteiger partial charge in [-0.2, -0.15) is 5.26 Å². The van der Waals surface area contributed by atoms with Gasteiger partial charge in [-0.05, 0) is 79.7 Å². The molecule has 2 aromatic rings. The number of ether oxygens (including phenoxy) is 2. The van der Waals surface area contributed by atoms with Crippen LogP contribution in [0.15, 0.2) is 42.5 Å². The van der Waals surface area contributed by atoms with Crippen LogP contribution in [-0.2, 0) is 19.8 Å². The van der Waals surface area contributed by atoms with E-state index in [-0.39, 0.29) is 48.3 Å². The van der Waals surface area contributed by atoms with E-state index in [1.807, 2.05) is 45.0 Å². The van der Waals surface area contributed by atoms with Crippen molar-refractivity contribution in [1.82, 2.24) is 15.1 Å². The summed E-state index contributed by atoms with van der Waals surface area (Å²) in [6, 6.07) is 12.2. The van der Waals surface area contributed by atoms with Crippen LogP contribution < -0.4 is 20.1 Å². The molecule has 11 heteroatoms. The molecule has 264 valence electrons. The largest absolute Gasteiger partial charge is 0.487 e.